The van der Waals surface area contributed by atoms with E-state index in [1.54, 1.807) is 0 Å². The molecule has 3 heteroatoms. The van der Waals surface area contributed by atoms with Crippen LogP contribution in [-0.2, 0) is 4.74 Å². The molecule has 0 aromatic heterocycles. The number of nitrogens with zero attached hydrogens (tertiary/aromatic N) is 1. The fourth-order valence-corrected chi connectivity index (χ4v) is 1.30. The molecule has 1 aliphatic rings. The van der Waals surface area contributed by atoms with Gasteiger partial charge < -0.3 is 10.5 Å². The van der Waals surface area contributed by atoms with E-state index in [9.17, 15) is 0 Å². The summed E-state index contributed by atoms with van der Waals surface area (Å²) in [6.45, 7) is 7.80. The summed E-state index contributed by atoms with van der Waals surface area (Å²) in [7, 11) is 0. The Hall–Kier alpha value is -0.120. The van der Waals surface area contributed by atoms with Crippen LogP contribution in [0.3, 0.4) is 0 Å². The van der Waals surface area contributed by atoms with Crippen molar-refractivity contribution in [2.45, 2.75) is 25.9 Å². The van der Waals surface area contributed by atoms with E-state index in [1.807, 2.05) is 0 Å². The van der Waals surface area contributed by atoms with Gasteiger partial charge in [-0.05, 0) is 13.3 Å². The van der Waals surface area contributed by atoms with Crippen molar-refractivity contribution in [1.29, 1.82) is 0 Å². The van der Waals surface area contributed by atoms with E-state index in [1.165, 1.54) is 0 Å². The lowest BCUT2D eigenvalue weighted by molar-refractivity contribution is -0.0156. The first kappa shape index (κ1) is 8.97. The van der Waals surface area contributed by atoms with Gasteiger partial charge in [0.05, 0.1) is 18.9 Å². The Labute approximate surface area is 68.5 Å². The molecule has 1 saturated heterocycles. The standard InChI is InChI=1S/C8H18N2O/c1-3-8(2,9)10-4-6-11-7-5-10/h3-7,9H2,1-2H3. The molecule has 2 N–H and O–H groups in total. The van der Waals surface area contributed by atoms with Crippen molar-refractivity contribution < 1.29 is 4.74 Å². The molecule has 1 heterocycles. The minimum atomic E-state index is -0.135. The summed E-state index contributed by atoms with van der Waals surface area (Å²) in [6, 6.07) is 0. The second-order valence-corrected chi connectivity index (χ2v) is 3.31. The first-order valence-corrected chi connectivity index (χ1v) is 4.28. The quantitative estimate of drug-likeness (QED) is 0.632. The maximum atomic E-state index is 6.06. The molecule has 0 aliphatic carbocycles. The van der Waals surface area contributed by atoms with Crippen molar-refractivity contribution >= 4 is 0 Å². The van der Waals surface area contributed by atoms with Crippen LogP contribution in [0.2, 0.25) is 0 Å². The van der Waals surface area contributed by atoms with Gasteiger partial charge in [0.1, 0.15) is 0 Å². The molecule has 11 heavy (non-hydrogen) atoms. The Morgan fingerprint density at radius 1 is 1.45 bits per heavy atom. The maximum Gasteiger partial charge on any atom is 0.0657 e. The van der Waals surface area contributed by atoms with Gasteiger partial charge in [0.15, 0.2) is 0 Å². The van der Waals surface area contributed by atoms with Crippen molar-refractivity contribution in [3.05, 3.63) is 0 Å². The molecule has 1 rings (SSSR count). The minimum Gasteiger partial charge on any atom is -0.379 e. The highest BCUT2D eigenvalue weighted by Crippen LogP contribution is 2.13. The van der Waals surface area contributed by atoms with Gasteiger partial charge in [-0.3, -0.25) is 4.90 Å². The SMILES string of the molecule is CCC(C)(N)N1CCOCC1. The summed E-state index contributed by atoms with van der Waals surface area (Å²) in [6.07, 6.45) is 0.993. The van der Waals surface area contributed by atoms with Crippen LogP contribution >= 0.6 is 0 Å². The summed E-state index contributed by atoms with van der Waals surface area (Å²) in [4.78, 5) is 2.29. The zero-order valence-corrected chi connectivity index (χ0v) is 7.47. The molecule has 1 unspecified atom stereocenters. The van der Waals surface area contributed by atoms with Crippen LogP contribution in [0.15, 0.2) is 0 Å². The van der Waals surface area contributed by atoms with E-state index in [0.717, 1.165) is 32.7 Å². The Balaban J connectivity index is 2.43. The summed E-state index contributed by atoms with van der Waals surface area (Å²) >= 11 is 0. The van der Waals surface area contributed by atoms with Gasteiger partial charge in [0.25, 0.3) is 0 Å². The van der Waals surface area contributed by atoms with E-state index in [-0.39, 0.29) is 5.66 Å². The second kappa shape index (κ2) is 3.52. The second-order valence-electron chi connectivity index (χ2n) is 3.31. The number of ether oxygens (including phenoxy) is 1. The van der Waals surface area contributed by atoms with Crippen LogP contribution in [0.4, 0.5) is 0 Å². The smallest absolute Gasteiger partial charge is 0.0657 e. The van der Waals surface area contributed by atoms with Gasteiger partial charge in [0, 0.05) is 13.1 Å². The molecule has 1 aliphatic heterocycles. The highest BCUT2D eigenvalue weighted by atomic mass is 16.5. The highest BCUT2D eigenvalue weighted by molar-refractivity contribution is 4.79. The molecule has 0 aromatic carbocycles. The third-order valence-corrected chi connectivity index (χ3v) is 2.45. The van der Waals surface area contributed by atoms with Crippen LogP contribution in [0.5, 0.6) is 0 Å². The van der Waals surface area contributed by atoms with Gasteiger partial charge in [0.2, 0.25) is 0 Å². The molecule has 1 atom stereocenters. The Morgan fingerprint density at radius 3 is 2.45 bits per heavy atom. The minimum absolute atomic E-state index is 0.135. The first-order chi connectivity index (χ1) is 5.17. The molecule has 0 bridgehead atoms. The molecule has 0 amide bonds. The number of nitrogens with two attached hydrogens (primary N) is 1. The fraction of sp³-hybridized carbons (Fsp3) is 1.00. The van der Waals surface area contributed by atoms with E-state index >= 15 is 0 Å². The predicted molar refractivity (Wildman–Crippen MR) is 45.3 cm³/mol. The summed E-state index contributed by atoms with van der Waals surface area (Å²) < 4.78 is 5.24. The van der Waals surface area contributed by atoms with Gasteiger partial charge in [-0.15, -0.1) is 0 Å². The normalized spacial score (nSPS) is 26.5. The average molecular weight is 158 g/mol. The van der Waals surface area contributed by atoms with Crippen molar-refractivity contribution in [2.24, 2.45) is 5.73 Å². The van der Waals surface area contributed by atoms with E-state index in [4.69, 9.17) is 10.5 Å². The first-order valence-electron chi connectivity index (χ1n) is 4.28. The molecule has 0 aromatic rings. The molecular formula is C8H18N2O. The van der Waals surface area contributed by atoms with Crippen LogP contribution in [-0.4, -0.2) is 36.9 Å². The number of morpholine rings is 1. The van der Waals surface area contributed by atoms with Crippen LogP contribution in [0.25, 0.3) is 0 Å². The topological polar surface area (TPSA) is 38.5 Å². The lowest BCUT2D eigenvalue weighted by Gasteiger charge is -2.39. The monoisotopic (exact) mass is 158 g/mol. The molecule has 0 spiro atoms. The zero-order chi connectivity index (χ0) is 8.32. The summed E-state index contributed by atoms with van der Waals surface area (Å²) in [5.74, 6) is 0. The Morgan fingerprint density at radius 2 is 2.00 bits per heavy atom. The zero-order valence-electron chi connectivity index (χ0n) is 7.47. The summed E-state index contributed by atoms with van der Waals surface area (Å²) in [5.41, 5.74) is 5.93. The van der Waals surface area contributed by atoms with Crippen molar-refractivity contribution in [3.63, 3.8) is 0 Å². The van der Waals surface area contributed by atoms with Crippen molar-refractivity contribution in [3.8, 4) is 0 Å². The Bertz CT molecular complexity index is 119. The molecule has 0 saturated carbocycles. The average Bonchev–Trinajstić information content (AvgIpc) is 2.06. The lowest BCUT2D eigenvalue weighted by Crippen LogP contribution is -2.57. The number of hydrogen-bond donors (Lipinski definition) is 1. The lowest BCUT2D eigenvalue weighted by atomic mass is 10.1. The van der Waals surface area contributed by atoms with Crippen LogP contribution in [0.1, 0.15) is 20.3 Å². The van der Waals surface area contributed by atoms with Gasteiger partial charge in [-0.1, -0.05) is 6.92 Å². The summed E-state index contributed by atoms with van der Waals surface area (Å²) in [5, 5.41) is 0. The van der Waals surface area contributed by atoms with Gasteiger partial charge >= 0.3 is 0 Å². The third-order valence-electron chi connectivity index (χ3n) is 2.45. The largest absolute Gasteiger partial charge is 0.379 e. The van der Waals surface area contributed by atoms with Crippen molar-refractivity contribution in [2.75, 3.05) is 26.3 Å². The number of rotatable bonds is 2. The number of hydrogen-bond acceptors (Lipinski definition) is 3. The maximum absolute atomic E-state index is 6.06. The predicted octanol–water partition coefficient (Wildman–Crippen LogP) is 0.403. The van der Waals surface area contributed by atoms with E-state index < -0.39 is 0 Å². The third kappa shape index (κ3) is 2.15. The molecular weight excluding hydrogens is 140 g/mol. The Kier molecular flexibility index (Phi) is 2.87. The molecule has 3 nitrogen and oxygen atoms in total. The van der Waals surface area contributed by atoms with Gasteiger partial charge in [-0.25, -0.2) is 0 Å². The fourth-order valence-electron chi connectivity index (χ4n) is 1.30. The van der Waals surface area contributed by atoms with Crippen molar-refractivity contribution in [1.82, 2.24) is 4.90 Å². The van der Waals surface area contributed by atoms with E-state index in [0.29, 0.717) is 0 Å². The van der Waals surface area contributed by atoms with Crippen LogP contribution in [0, 0.1) is 0 Å². The highest BCUT2D eigenvalue weighted by Gasteiger charge is 2.26. The van der Waals surface area contributed by atoms with E-state index in [2.05, 4.69) is 18.7 Å². The van der Waals surface area contributed by atoms with Gasteiger partial charge in [-0.2, -0.15) is 0 Å². The molecule has 66 valence electrons. The van der Waals surface area contributed by atoms with Crippen LogP contribution < -0.4 is 5.73 Å². The molecule has 1 fully saturated rings. The molecule has 0 radical (unpaired) electrons.